The molecule has 1 atom stereocenters. The number of rotatable bonds is 5. The molecular formula is C19H29N5O3. The fraction of sp³-hybridized carbons (Fsp3) is 0.684. The van der Waals surface area contributed by atoms with Crippen molar-refractivity contribution in [3.05, 3.63) is 11.4 Å². The Hall–Kier alpha value is -2.38. The maximum Gasteiger partial charge on any atom is 0.317 e. The molecule has 1 aliphatic carbocycles. The van der Waals surface area contributed by atoms with E-state index in [4.69, 9.17) is 10.5 Å². The van der Waals surface area contributed by atoms with Gasteiger partial charge in [0, 0.05) is 25.0 Å². The summed E-state index contributed by atoms with van der Waals surface area (Å²) in [5.41, 5.74) is 7.64. The van der Waals surface area contributed by atoms with Crippen LogP contribution in [0, 0.1) is 19.8 Å². The van der Waals surface area contributed by atoms with E-state index in [-0.39, 0.29) is 29.8 Å². The Kier molecular flexibility index (Phi) is 5.82. The Balaban J connectivity index is 1.47. The van der Waals surface area contributed by atoms with Crippen LogP contribution in [-0.4, -0.2) is 51.9 Å². The van der Waals surface area contributed by atoms with Gasteiger partial charge in [-0.05, 0) is 46.5 Å². The van der Waals surface area contributed by atoms with Crippen molar-refractivity contribution < 1.29 is 14.3 Å². The van der Waals surface area contributed by atoms with Gasteiger partial charge < -0.3 is 20.7 Å². The van der Waals surface area contributed by atoms with E-state index >= 15 is 0 Å². The zero-order valence-electron chi connectivity index (χ0n) is 16.3. The molecular weight excluding hydrogens is 346 g/mol. The second kappa shape index (κ2) is 8.10. The fourth-order valence-corrected chi connectivity index (χ4v) is 3.43. The SMILES string of the molecule is Cc1nc(OC(C)C(=O)NC2CCN(C(=O)C3CCC3)CC2)nc(C)c1N. The van der Waals surface area contributed by atoms with Gasteiger partial charge in [0.25, 0.3) is 5.91 Å². The van der Waals surface area contributed by atoms with E-state index in [2.05, 4.69) is 15.3 Å². The maximum absolute atomic E-state index is 12.4. The van der Waals surface area contributed by atoms with Gasteiger partial charge in [-0.3, -0.25) is 9.59 Å². The molecule has 0 aromatic carbocycles. The van der Waals surface area contributed by atoms with Crippen molar-refractivity contribution in [3.8, 4) is 6.01 Å². The van der Waals surface area contributed by atoms with Crippen LogP contribution < -0.4 is 15.8 Å². The molecule has 2 amide bonds. The summed E-state index contributed by atoms with van der Waals surface area (Å²) in [5.74, 6) is 0.319. The molecule has 8 heteroatoms. The number of nitrogens with zero attached hydrogens (tertiary/aromatic N) is 3. The molecule has 27 heavy (non-hydrogen) atoms. The average Bonchev–Trinajstić information content (AvgIpc) is 2.58. The lowest BCUT2D eigenvalue weighted by atomic mass is 9.84. The van der Waals surface area contributed by atoms with E-state index in [9.17, 15) is 9.59 Å². The van der Waals surface area contributed by atoms with E-state index in [1.54, 1.807) is 20.8 Å². The summed E-state index contributed by atoms with van der Waals surface area (Å²) in [6.07, 6.45) is 4.05. The highest BCUT2D eigenvalue weighted by Crippen LogP contribution is 2.29. The van der Waals surface area contributed by atoms with Crippen molar-refractivity contribution in [1.82, 2.24) is 20.2 Å². The Morgan fingerprint density at radius 2 is 1.74 bits per heavy atom. The fourth-order valence-electron chi connectivity index (χ4n) is 3.43. The number of nitrogen functional groups attached to an aromatic ring is 1. The summed E-state index contributed by atoms with van der Waals surface area (Å²) >= 11 is 0. The Bertz CT molecular complexity index is 688. The van der Waals surface area contributed by atoms with E-state index in [1.807, 2.05) is 4.90 Å². The zero-order valence-corrected chi connectivity index (χ0v) is 16.3. The molecule has 148 valence electrons. The highest BCUT2D eigenvalue weighted by atomic mass is 16.5. The highest BCUT2D eigenvalue weighted by Gasteiger charge is 2.32. The number of anilines is 1. The van der Waals surface area contributed by atoms with Gasteiger partial charge in [-0.2, -0.15) is 9.97 Å². The van der Waals surface area contributed by atoms with Gasteiger partial charge in [-0.25, -0.2) is 0 Å². The first-order valence-electron chi connectivity index (χ1n) is 9.71. The van der Waals surface area contributed by atoms with Crippen LogP contribution >= 0.6 is 0 Å². The third-order valence-corrected chi connectivity index (χ3v) is 5.57. The quantitative estimate of drug-likeness (QED) is 0.804. The lowest BCUT2D eigenvalue weighted by molar-refractivity contribution is -0.139. The average molecular weight is 375 g/mol. The van der Waals surface area contributed by atoms with Crippen LogP contribution in [0.3, 0.4) is 0 Å². The molecule has 2 aliphatic rings. The van der Waals surface area contributed by atoms with E-state index in [1.165, 1.54) is 0 Å². The van der Waals surface area contributed by atoms with E-state index in [0.29, 0.717) is 30.2 Å². The monoisotopic (exact) mass is 375 g/mol. The predicted molar refractivity (Wildman–Crippen MR) is 101 cm³/mol. The minimum absolute atomic E-state index is 0.0600. The number of amides is 2. The molecule has 0 spiro atoms. The van der Waals surface area contributed by atoms with Crippen LogP contribution in [0.5, 0.6) is 6.01 Å². The summed E-state index contributed by atoms with van der Waals surface area (Å²) < 4.78 is 5.59. The molecule has 0 radical (unpaired) electrons. The summed E-state index contributed by atoms with van der Waals surface area (Å²) in [5, 5.41) is 3.01. The van der Waals surface area contributed by atoms with Crippen molar-refractivity contribution in [2.24, 2.45) is 5.92 Å². The molecule has 1 saturated carbocycles. The van der Waals surface area contributed by atoms with Crippen LogP contribution in [0.2, 0.25) is 0 Å². The molecule has 1 saturated heterocycles. The summed E-state index contributed by atoms with van der Waals surface area (Å²) in [4.78, 5) is 35.0. The van der Waals surface area contributed by atoms with Gasteiger partial charge in [0.2, 0.25) is 5.91 Å². The lowest BCUT2D eigenvalue weighted by Crippen LogP contribution is -2.50. The third kappa shape index (κ3) is 4.48. The van der Waals surface area contributed by atoms with Crippen molar-refractivity contribution in [2.75, 3.05) is 18.8 Å². The number of hydrogen-bond donors (Lipinski definition) is 2. The summed E-state index contributed by atoms with van der Waals surface area (Å²) in [7, 11) is 0. The number of carbonyl (C=O) groups is 2. The maximum atomic E-state index is 12.4. The molecule has 0 bridgehead atoms. The first-order valence-corrected chi connectivity index (χ1v) is 9.71. The lowest BCUT2D eigenvalue weighted by Gasteiger charge is -2.37. The van der Waals surface area contributed by atoms with Gasteiger partial charge in [-0.1, -0.05) is 6.42 Å². The third-order valence-electron chi connectivity index (χ3n) is 5.57. The van der Waals surface area contributed by atoms with Crippen LogP contribution in [0.4, 0.5) is 5.69 Å². The van der Waals surface area contributed by atoms with Gasteiger partial charge in [0.15, 0.2) is 6.10 Å². The Labute approximate surface area is 159 Å². The first-order chi connectivity index (χ1) is 12.8. The number of carbonyl (C=O) groups excluding carboxylic acids is 2. The summed E-state index contributed by atoms with van der Waals surface area (Å²) in [6, 6.07) is 0.215. The van der Waals surface area contributed by atoms with Gasteiger partial charge in [0.1, 0.15) is 0 Å². The van der Waals surface area contributed by atoms with Crippen LogP contribution in [0.15, 0.2) is 0 Å². The minimum atomic E-state index is -0.706. The number of hydrogen-bond acceptors (Lipinski definition) is 6. The van der Waals surface area contributed by atoms with Crippen LogP contribution in [0.1, 0.15) is 50.4 Å². The molecule has 1 aromatic rings. The molecule has 1 aliphatic heterocycles. The number of nitrogens with two attached hydrogens (primary N) is 1. The van der Waals surface area contributed by atoms with Crippen LogP contribution in [0.25, 0.3) is 0 Å². The highest BCUT2D eigenvalue weighted by molar-refractivity contribution is 5.81. The van der Waals surface area contributed by atoms with Crippen molar-refractivity contribution >= 4 is 17.5 Å². The van der Waals surface area contributed by atoms with Crippen molar-refractivity contribution in [3.63, 3.8) is 0 Å². The molecule has 3 rings (SSSR count). The molecule has 2 fully saturated rings. The summed E-state index contributed by atoms with van der Waals surface area (Å²) in [6.45, 7) is 6.64. The zero-order chi connectivity index (χ0) is 19.6. The molecule has 8 nitrogen and oxygen atoms in total. The topological polar surface area (TPSA) is 110 Å². The molecule has 1 unspecified atom stereocenters. The van der Waals surface area contributed by atoms with Gasteiger partial charge in [-0.15, -0.1) is 0 Å². The molecule has 2 heterocycles. The smallest absolute Gasteiger partial charge is 0.317 e. The van der Waals surface area contributed by atoms with Gasteiger partial charge >= 0.3 is 6.01 Å². The predicted octanol–water partition coefficient (Wildman–Crippen LogP) is 1.35. The second-order valence-electron chi connectivity index (χ2n) is 7.59. The molecule has 1 aromatic heterocycles. The van der Waals surface area contributed by atoms with E-state index in [0.717, 1.165) is 32.1 Å². The standard InChI is InChI=1S/C19H29N5O3/c1-11-16(20)12(2)22-19(21-11)27-13(3)17(25)23-15-7-9-24(10-8-15)18(26)14-5-4-6-14/h13-15H,4-10,20H2,1-3H3,(H,23,25). The number of nitrogens with one attached hydrogen (secondary N) is 1. The van der Waals surface area contributed by atoms with Crippen molar-refractivity contribution in [1.29, 1.82) is 0 Å². The Morgan fingerprint density at radius 1 is 1.15 bits per heavy atom. The minimum Gasteiger partial charge on any atom is -0.450 e. The number of aryl methyl sites for hydroxylation is 2. The number of piperidine rings is 1. The second-order valence-corrected chi connectivity index (χ2v) is 7.59. The largest absolute Gasteiger partial charge is 0.450 e. The number of aromatic nitrogens is 2. The molecule has 3 N–H and O–H groups in total. The normalized spacial score (nSPS) is 19.3. The first kappa shape index (κ1) is 19.4. The van der Waals surface area contributed by atoms with Crippen molar-refractivity contribution in [2.45, 2.75) is 65.0 Å². The van der Waals surface area contributed by atoms with Crippen LogP contribution in [-0.2, 0) is 9.59 Å². The van der Waals surface area contributed by atoms with Gasteiger partial charge in [0.05, 0.1) is 17.1 Å². The number of likely N-dealkylation sites (tertiary alicyclic amines) is 1. The Morgan fingerprint density at radius 3 is 2.26 bits per heavy atom. The van der Waals surface area contributed by atoms with E-state index < -0.39 is 6.10 Å². The number of ether oxygens (including phenoxy) is 1.